The van der Waals surface area contributed by atoms with Gasteiger partial charge in [-0.05, 0) is 89.2 Å². The maximum atomic E-state index is 13.0. The fraction of sp³-hybridized carbons (Fsp3) is 0.392. The van der Waals surface area contributed by atoms with Crippen LogP contribution in [-0.4, -0.2) is 136 Å². The van der Waals surface area contributed by atoms with Gasteiger partial charge in [-0.2, -0.15) is 0 Å². The average Bonchev–Trinajstić information content (AvgIpc) is 3.68. The molecule has 6 rings (SSSR count). The number of hydrogen-bond acceptors (Lipinski definition) is 13. The van der Waals surface area contributed by atoms with E-state index in [1.807, 2.05) is 48.5 Å². The lowest BCUT2D eigenvalue weighted by Crippen LogP contribution is -2.52. The minimum absolute atomic E-state index is 0.0981. The fourth-order valence-electron chi connectivity index (χ4n) is 7.71. The van der Waals surface area contributed by atoms with Crippen LogP contribution in [0.3, 0.4) is 0 Å². The van der Waals surface area contributed by atoms with E-state index in [1.54, 1.807) is 42.5 Å². The van der Waals surface area contributed by atoms with Gasteiger partial charge in [-0.3, -0.25) is 29.3 Å². The molecular formula is C51H59ClN4O13. The Hall–Kier alpha value is -6.34. The van der Waals surface area contributed by atoms with Crippen LogP contribution in [0.4, 0.5) is 5.69 Å². The second-order valence-electron chi connectivity index (χ2n) is 16.0. The van der Waals surface area contributed by atoms with Crippen molar-refractivity contribution in [2.24, 2.45) is 0 Å². The number of alkyl halides is 1. The Labute approximate surface area is 406 Å². The van der Waals surface area contributed by atoms with Crippen LogP contribution in [0.5, 0.6) is 17.2 Å². The maximum absolute atomic E-state index is 13.0. The number of hydrogen-bond donors (Lipinski definition) is 5. The van der Waals surface area contributed by atoms with Crippen molar-refractivity contribution in [1.29, 1.82) is 0 Å². The summed E-state index contributed by atoms with van der Waals surface area (Å²) in [6.45, 7) is 4.01. The van der Waals surface area contributed by atoms with Crippen LogP contribution in [0.15, 0.2) is 91.0 Å². The number of nitrogens with zero attached hydrogens (tertiary/aromatic N) is 1. The van der Waals surface area contributed by atoms with Crippen molar-refractivity contribution in [3.05, 3.63) is 119 Å². The molecule has 0 bridgehead atoms. The molecule has 17 nitrogen and oxygen atoms in total. The third-order valence-corrected chi connectivity index (χ3v) is 11.3. The summed E-state index contributed by atoms with van der Waals surface area (Å²) < 4.78 is 33.5. The highest BCUT2D eigenvalue weighted by atomic mass is 35.5. The minimum Gasteiger partial charge on any atom is -0.508 e. The van der Waals surface area contributed by atoms with Crippen molar-refractivity contribution in [1.82, 2.24) is 15.5 Å². The number of phenols is 2. The topological polar surface area (TPSA) is 221 Å². The number of anilines is 1. The van der Waals surface area contributed by atoms with E-state index in [2.05, 4.69) is 16.0 Å². The number of carbonyl (C=O) groups is 5. The van der Waals surface area contributed by atoms with Gasteiger partial charge in [0.2, 0.25) is 23.6 Å². The number of fused-ring (bicyclic) bond motifs is 1. The number of imide groups is 1. The molecule has 0 saturated carbocycles. The second kappa shape index (κ2) is 27.6. The molecule has 1 fully saturated rings. The Balaban J connectivity index is 0.740. The lowest BCUT2D eigenvalue weighted by atomic mass is 9.88. The number of benzene rings is 4. The molecule has 1 unspecified atom stereocenters. The summed E-state index contributed by atoms with van der Waals surface area (Å²) >= 11 is 6.25. The first-order chi connectivity index (χ1) is 33.6. The molecule has 1 atom stereocenters. The van der Waals surface area contributed by atoms with Crippen molar-refractivity contribution < 1.29 is 62.6 Å². The molecule has 1 saturated heterocycles. The Kier molecular flexibility index (Phi) is 20.8. The standard InChI is InChI=1S/C51H59ClN4O13/c52-21-18-41(35-4-10-38(57)11-5-35)49(36-6-12-39(58)13-7-36)37-8-14-40(15-9-37)69-25-22-53-46(59)19-23-64-26-28-66-30-32-68-33-31-67-29-27-65-24-20-48(61)54-44-3-1-2-42-43(44)34-56(51(42)63)45-16-17-47(60)55-50(45)62/h1-15,45,57-58H,16-34H2,(H,53,59)(H,54,61)(H,55,60,62). The van der Waals surface area contributed by atoms with Gasteiger partial charge in [0.1, 0.15) is 29.9 Å². The van der Waals surface area contributed by atoms with Crippen LogP contribution in [0, 0.1) is 0 Å². The van der Waals surface area contributed by atoms with Gasteiger partial charge in [0.25, 0.3) is 5.91 Å². The first kappa shape index (κ1) is 52.0. The Bertz CT molecular complexity index is 2360. The van der Waals surface area contributed by atoms with Crippen molar-refractivity contribution >= 4 is 58.0 Å². The predicted octanol–water partition coefficient (Wildman–Crippen LogP) is 5.44. The molecule has 368 valence electrons. The van der Waals surface area contributed by atoms with Gasteiger partial charge in [0.05, 0.1) is 79.0 Å². The summed E-state index contributed by atoms with van der Waals surface area (Å²) in [6, 6.07) is 26.0. The second-order valence-corrected chi connectivity index (χ2v) is 16.3. The number of carbonyl (C=O) groups excluding carboxylic acids is 5. The van der Waals surface area contributed by atoms with Crippen LogP contribution in [0.1, 0.15) is 64.7 Å². The number of ether oxygens (including phenoxy) is 6. The van der Waals surface area contributed by atoms with E-state index in [9.17, 15) is 34.2 Å². The monoisotopic (exact) mass is 970 g/mol. The molecule has 0 aromatic heterocycles. The number of rotatable bonds is 29. The summed E-state index contributed by atoms with van der Waals surface area (Å²) in [5.74, 6) is -0.215. The summed E-state index contributed by atoms with van der Waals surface area (Å²) in [5.41, 5.74) is 6.25. The summed E-state index contributed by atoms with van der Waals surface area (Å²) in [6.07, 6.45) is 1.30. The third kappa shape index (κ3) is 16.1. The normalized spacial score (nSPS) is 14.8. The lowest BCUT2D eigenvalue weighted by molar-refractivity contribution is -0.137. The molecule has 0 radical (unpaired) electrons. The van der Waals surface area contributed by atoms with Gasteiger partial charge in [0, 0.05) is 42.1 Å². The van der Waals surface area contributed by atoms with Crippen molar-refractivity contribution in [2.45, 2.75) is 44.7 Å². The molecule has 2 aliphatic rings. The number of halogens is 1. The SMILES string of the molecule is O=C(CCOCCOCCOCCOCCOCCC(=O)Nc1cccc2c1CN(C1CCC(=O)NC1=O)C2=O)NCCOc1ccc(C(=C(CCCl)c2ccc(O)cc2)c2ccc(O)cc2)cc1. The van der Waals surface area contributed by atoms with Gasteiger partial charge in [-0.25, -0.2) is 0 Å². The highest BCUT2D eigenvalue weighted by Gasteiger charge is 2.40. The van der Waals surface area contributed by atoms with Crippen molar-refractivity contribution in [2.75, 3.05) is 90.4 Å². The fourth-order valence-corrected chi connectivity index (χ4v) is 7.90. The predicted molar refractivity (Wildman–Crippen MR) is 257 cm³/mol. The van der Waals surface area contributed by atoms with Crippen LogP contribution < -0.4 is 20.7 Å². The number of piperidine rings is 1. The first-order valence-electron chi connectivity index (χ1n) is 22.9. The number of phenolic OH excluding ortho intramolecular Hbond substituents is 2. The highest BCUT2D eigenvalue weighted by Crippen LogP contribution is 2.37. The van der Waals surface area contributed by atoms with Crippen molar-refractivity contribution in [3.63, 3.8) is 0 Å². The smallest absolute Gasteiger partial charge is 0.255 e. The molecule has 4 aromatic carbocycles. The van der Waals surface area contributed by atoms with E-state index in [-0.39, 0.29) is 87.2 Å². The number of nitrogens with one attached hydrogen (secondary N) is 3. The largest absolute Gasteiger partial charge is 0.508 e. The quantitative estimate of drug-likeness (QED) is 0.0198. The highest BCUT2D eigenvalue weighted by molar-refractivity contribution is 6.18. The van der Waals surface area contributed by atoms with Crippen LogP contribution in [0.25, 0.3) is 11.1 Å². The van der Waals surface area contributed by atoms with Gasteiger partial charge in [-0.1, -0.05) is 42.5 Å². The lowest BCUT2D eigenvalue weighted by Gasteiger charge is -2.29. The zero-order valence-electron chi connectivity index (χ0n) is 38.4. The minimum atomic E-state index is -0.735. The summed E-state index contributed by atoms with van der Waals surface area (Å²) in [7, 11) is 0. The van der Waals surface area contributed by atoms with E-state index < -0.39 is 11.9 Å². The number of amides is 5. The van der Waals surface area contributed by atoms with Gasteiger partial charge < -0.3 is 54.2 Å². The van der Waals surface area contributed by atoms with Crippen LogP contribution in [-0.2, 0) is 49.4 Å². The molecule has 5 amide bonds. The zero-order chi connectivity index (χ0) is 48.8. The van der Waals surface area contributed by atoms with E-state index in [1.165, 1.54) is 4.90 Å². The summed E-state index contributed by atoms with van der Waals surface area (Å²) in [4.78, 5) is 63.3. The number of aromatic hydroxyl groups is 2. The average molecular weight is 972 g/mol. The molecular weight excluding hydrogens is 912 g/mol. The summed E-state index contributed by atoms with van der Waals surface area (Å²) in [5, 5.41) is 27.8. The van der Waals surface area contributed by atoms with Crippen molar-refractivity contribution in [3.8, 4) is 17.2 Å². The Morgan fingerprint density at radius 1 is 0.652 bits per heavy atom. The molecule has 18 heteroatoms. The molecule has 0 aliphatic carbocycles. The van der Waals surface area contributed by atoms with E-state index in [4.69, 9.17) is 40.0 Å². The van der Waals surface area contributed by atoms with Crippen LogP contribution in [0.2, 0.25) is 0 Å². The van der Waals surface area contributed by atoms with E-state index >= 15 is 0 Å². The molecule has 5 N–H and O–H groups in total. The zero-order valence-corrected chi connectivity index (χ0v) is 39.1. The first-order valence-corrected chi connectivity index (χ1v) is 23.5. The van der Waals surface area contributed by atoms with Gasteiger partial charge in [-0.15, -0.1) is 11.6 Å². The van der Waals surface area contributed by atoms with Gasteiger partial charge >= 0.3 is 0 Å². The molecule has 69 heavy (non-hydrogen) atoms. The molecule has 2 aliphatic heterocycles. The molecule has 2 heterocycles. The third-order valence-electron chi connectivity index (χ3n) is 11.1. The van der Waals surface area contributed by atoms with E-state index in [0.717, 1.165) is 27.8 Å². The number of allylic oxidation sites excluding steroid dienone is 1. The maximum Gasteiger partial charge on any atom is 0.255 e. The Morgan fingerprint density at radius 3 is 1.75 bits per heavy atom. The van der Waals surface area contributed by atoms with Gasteiger partial charge in [0.15, 0.2) is 0 Å². The molecule has 4 aromatic rings. The van der Waals surface area contributed by atoms with E-state index in [0.29, 0.717) is 94.3 Å². The molecule has 0 spiro atoms. The van der Waals surface area contributed by atoms with Crippen LogP contribution >= 0.6 is 11.6 Å². The Morgan fingerprint density at radius 2 is 1.19 bits per heavy atom.